The zero-order chi connectivity index (χ0) is 20.3. The molecule has 0 bridgehead atoms. The fourth-order valence-corrected chi connectivity index (χ4v) is 3.70. The van der Waals surface area contributed by atoms with Gasteiger partial charge in [0.25, 0.3) is 11.8 Å². The van der Waals surface area contributed by atoms with Crippen LogP contribution in [0, 0.1) is 11.7 Å². The number of nitrogens with zero attached hydrogens (tertiary/aromatic N) is 1. The minimum Gasteiger partial charge on any atom is -0.493 e. The summed E-state index contributed by atoms with van der Waals surface area (Å²) in [5.74, 6) is 0.589. The molecule has 0 unspecified atom stereocenters. The lowest BCUT2D eigenvalue weighted by molar-refractivity contribution is -0.119. The van der Waals surface area contributed by atoms with Gasteiger partial charge in [0.15, 0.2) is 0 Å². The van der Waals surface area contributed by atoms with Crippen LogP contribution < -0.4 is 9.64 Å². The Balaban J connectivity index is 1.93. The number of hydrogen-bond donors (Lipinski definition) is 0. The van der Waals surface area contributed by atoms with Crippen LogP contribution in [0.15, 0.2) is 53.4 Å². The van der Waals surface area contributed by atoms with E-state index in [1.54, 1.807) is 24.3 Å². The maximum absolute atomic E-state index is 13.2. The fraction of sp³-hybridized carbons (Fsp3) is 0.273. The molecule has 1 aliphatic rings. The summed E-state index contributed by atoms with van der Waals surface area (Å²) in [4.78, 5) is 27.5. The van der Waals surface area contributed by atoms with E-state index in [1.165, 1.54) is 36.0 Å². The van der Waals surface area contributed by atoms with Gasteiger partial charge in [0.05, 0.1) is 22.8 Å². The van der Waals surface area contributed by atoms with E-state index in [9.17, 15) is 14.0 Å². The highest BCUT2D eigenvalue weighted by Crippen LogP contribution is 2.38. The molecule has 1 heterocycles. The monoisotopic (exact) mass is 399 g/mol. The van der Waals surface area contributed by atoms with Gasteiger partial charge in [-0.05, 0) is 53.6 Å². The van der Waals surface area contributed by atoms with Gasteiger partial charge in [0.1, 0.15) is 11.6 Å². The van der Waals surface area contributed by atoms with Gasteiger partial charge in [-0.25, -0.2) is 9.29 Å². The highest BCUT2D eigenvalue weighted by atomic mass is 32.2. The van der Waals surface area contributed by atoms with Crippen molar-refractivity contribution in [2.75, 3.05) is 17.3 Å². The molecule has 146 valence electrons. The van der Waals surface area contributed by atoms with Crippen LogP contribution >= 0.6 is 11.8 Å². The Bertz CT molecular complexity index is 904. The Kier molecular flexibility index (Phi) is 6.19. The van der Waals surface area contributed by atoms with Crippen LogP contribution in [0.5, 0.6) is 5.75 Å². The second-order valence-corrected chi connectivity index (χ2v) is 8.06. The molecule has 3 rings (SSSR count). The summed E-state index contributed by atoms with van der Waals surface area (Å²) in [7, 11) is 0. The maximum atomic E-state index is 13.2. The number of hydrogen-bond acceptors (Lipinski definition) is 4. The molecule has 0 aliphatic carbocycles. The minimum absolute atomic E-state index is 0.359. The lowest BCUT2D eigenvalue weighted by atomic mass is 10.1. The van der Waals surface area contributed by atoms with Crippen LogP contribution in [0.25, 0.3) is 5.57 Å². The molecule has 0 atom stereocenters. The third kappa shape index (κ3) is 4.12. The number of benzene rings is 2. The number of halogens is 1. The van der Waals surface area contributed by atoms with Crippen molar-refractivity contribution in [3.8, 4) is 5.75 Å². The van der Waals surface area contributed by atoms with Crippen molar-refractivity contribution in [3.63, 3.8) is 0 Å². The van der Waals surface area contributed by atoms with Crippen LogP contribution in [0.4, 0.5) is 10.1 Å². The van der Waals surface area contributed by atoms with E-state index in [-0.39, 0.29) is 5.91 Å². The quantitative estimate of drug-likeness (QED) is 0.622. The molecule has 0 aromatic heterocycles. The van der Waals surface area contributed by atoms with E-state index in [0.717, 1.165) is 10.6 Å². The second kappa shape index (κ2) is 8.61. The SMILES string of the molecule is CCSC1=C(c2ccc(OCC(C)C)cc2)C(=O)N(c2ccc(F)cc2)C1=O. The van der Waals surface area contributed by atoms with Gasteiger partial charge in [0, 0.05) is 0 Å². The number of carbonyl (C=O) groups is 2. The van der Waals surface area contributed by atoms with Crippen molar-refractivity contribution in [2.24, 2.45) is 5.92 Å². The molecule has 0 saturated carbocycles. The van der Waals surface area contributed by atoms with Gasteiger partial charge in [-0.15, -0.1) is 11.8 Å². The lowest BCUT2D eigenvalue weighted by Gasteiger charge is -2.15. The molecule has 6 heteroatoms. The zero-order valence-corrected chi connectivity index (χ0v) is 16.9. The molecule has 0 radical (unpaired) electrons. The first-order chi connectivity index (χ1) is 13.4. The molecule has 2 aromatic rings. The normalized spacial score (nSPS) is 14.4. The summed E-state index contributed by atoms with van der Waals surface area (Å²) in [5.41, 5.74) is 1.39. The molecular formula is C22H22FNO3S. The van der Waals surface area contributed by atoms with E-state index >= 15 is 0 Å². The second-order valence-electron chi connectivity index (χ2n) is 6.79. The Labute approximate surface area is 168 Å². The fourth-order valence-electron chi connectivity index (χ4n) is 2.85. The van der Waals surface area contributed by atoms with E-state index in [0.29, 0.717) is 40.0 Å². The Hall–Kier alpha value is -2.60. The summed E-state index contributed by atoms with van der Waals surface area (Å²) in [6, 6.07) is 12.5. The van der Waals surface area contributed by atoms with Crippen molar-refractivity contribution < 1.29 is 18.7 Å². The van der Waals surface area contributed by atoms with Crippen LogP contribution in [0.2, 0.25) is 0 Å². The molecule has 2 aromatic carbocycles. The standard InChI is InChI=1S/C22H22FNO3S/c1-4-28-20-19(15-5-11-18(12-6-15)27-13-14(2)3)21(25)24(22(20)26)17-9-7-16(23)8-10-17/h5-12,14H,4,13H2,1-3H3. The summed E-state index contributed by atoms with van der Waals surface area (Å²) < 4.78 is 18.9. The van der Waals surface area contributed by atoms with Gasteiger partial charge in [0.2, 0.25) is 0 Å². The maximum Gasteiger partial charge on any atom is 0.272 e. The number of amides is 2. The number of anilines is 1. The third-order valence-corrected chi connectivity index (χ3v) is 5.10. The van der Waals surface area contributed by atoms with Gasteiger partial charge in [-0.3, -0.25) is 9.59 Å². The minimum atomic E-state index is -0.420. The first-order valence-corrected chi connectivity index (χ1v) is 10.2. The average Bonchev–Trinajstić information content (AvgIpc) is 2.92. The van der Waals surface area contributed by atoms with Crippen molar-refractivity contribution >= 4 is 34.8 Å². The average molecular weight is 399 g/mol. The molecular weight excluding hydrogens is 377 g/mol. The summed E-state index contributed by atoms with van der Waals surface area (Å²) >= 11 is 1.34. The Morgan fingerprint density at radius 1 is 1.00 bits per heavy atom. The van der Waals surface area contributed by atoms with Gasteiger partial charge in [-0.2, -0.15) is 0 Å². The van der Waals surface area contributed by atoms with E-state index in [2.05, 4.69) is 13.8 Å². The predicted octanol–water partition coefficient (Wildman–Crippen LogP) is 4.90. The zero-order valence-electron chi connectivity index (χ0n) is 16.1. The van der Waals surface area contributed by atoms with Crippen LogP contribution in [0.3, 0.4) is 0 Å². The molecule has 28 heavy (non-hydrogen) atoms. The summed E-state index contributed by atoms with van der Waals surface area (Å²) in [6.07, 6.45) is 0. The van der Waals surface area contributed by atoms with Crippen molar-refractivity contribution in [3.05, 3.63) is 64.8 Å². The number of ether oxygens (including phenoxy) is 1. The van der Waals surface area contributed by atoms with Crippen molar-refractivity contribution in [1.29, 1.82) is 0 Å². The number of carbonyl (C=O) groups excluding carboxylic acids is 2. The smallest absolute Gasteiger partial charge is 0.272 e. The Morgan fingerprint density at radius 2 is 1.64 bits per heavy atom. The largest absolute Gasteiger partial charge is 0.493 e. The molecule has 1 aliphatic heterocycles. The Morgan fingerprint density at radius 3 is 2.21 bits per heavy atom. The van der Waals surface area contributed by atoms with Crippen molar-refractivity contribution in [1.82, 2.24) is 0 Å². The number of imide groups is 1. The van der Waals surface area contributed by atoms with E-state index in [4.69, 9.17) is 4.74 Å². The molecule has 0 spiro atoms. The third-order valence-electron chi connectivity index (χ3n) is 4.14. The van der Waals surface area contributed by atoms with E-state index < -0.39 is 11.7 Å². The van der Waals surface area contributed by atoms with Gasteiger partial charge < -0.3 is 4.74 Å². The van der Waals surface area contributed by atoms with Crippen LogP contribution in [0.1, 0.15) is 26.3 Å². The van der Waals surface area contributed by atoms with Gasteiger partial charge >= 0.3 is 0 Å². The van der Waals surface area contributed by atoms with Crippen LogP contribution in [-0.2, 0) is 9.59 Å². The topological polar surface area (TPSA) is 46.6 Å². The van der Waals surface area contributed by atoms with E-state index in [1.807, 2.05) is 6.92 Å². The molecule has 4 nitrogen and oxygen atoms in total. The number of rotatable bonds is 7. The van der Waals surface area contributed by atoms with Gasteiger partial charge in [-0.1, -0.05) is 32.9 Å². The summed E-state index contributed by atoms with van der Waals surface area (Å²) in [5, 5.41) is 0. The lowest BCUT2D eigenvalue weighted by Crippen LogP contribution is -2.31. The highest BCUT2D eigenvalue weighted by molar-refractivity contribution is 8.04. The molecule has 0 saturated heterocycles. The van der Waals surface area contributed by atoms with Crippen molar-refractivity contribution in [2.45, 2.75) is 20.8 Å². The molecule has 0 N–H and O–H groups in total. The number of thioether (sulfide) groups is 1. The molecule has 2 amide bonds. The van der Waals surface area contributed by atoms with Crippen LogP contribution in [-0.4, -0.2) is 24.2 Å². The first kappa shape index (κ1) is 20.1. The predicted molar refractivity (Wildman–Crippen MR) is 111 cm³/mol. The first-order valence-electron chi connectivity index (χ1n) is 9.17. The highest BCUT2D eigenvalue weighted by Gasteiger charge is 2.39. The molecule has 0 fully saturated rings. The summed E-state index contributed by atoms with van der Waals surface area (Å²) in [6.45, 7) is 6.67.